The van der Waals surface area contributed by atoms with Crippen LogP contribution in [-0.4, -0.2) is 12.5 Å². The molecule has 0 amide bonds. The molecule has 13 heavy (non-hydrogen) atoms. The number of benzene rings is 1. The van der Waals surface area contributed by atoms with E-state index in [1.807, 2.05) is 6.92 Å². The highest BCUT2D eigenvalue weighted by atomic mass is 32.2. The van der Waals surface area contributed by atoms with Crippen LogP contribution in [0.2, 0.25) is 0 Å². The van der Waals surface area contributed by atoms with Crippen LogP contribution in [0.15, 0.2) is 29.2 Å². The Kier molecular flexibility index (Phi) is 4.03. The zero-order chi connectivity index (χ0) is 9.68. The molecule has 1 rings (SSSR count). The number of hydrogen-bond acceptors (Lipinski definition) is 2. The van der Waals surface area contributed by atoms with Gasteiger partial charge in [0, 0.05) is 10.8 Å². The second-order valence-corrected chi connectivity index (χ2v) is 4.05. The lowest BCUT2D eigenvalue weighted by Crippen LogP contribution is -1.99. The molecule has 1 nitrogen and oxygen atoms in total. The van der Waals surface area contributed by atoms with Gasteiger partial charge in [-0.1, -0.05) is 19.1 Å². The quantitative estimate of drug-likeness (QED) is 0.541. The standard InChI is InChI=1S/C11H14OS/c1-9(8-12)7-10-3-5-11(13-2)6-4-10/h3-6,8-9H,7H2,1-2H3/t9-/m0/s1. The summed E-state index contributed by atoms with van der Waals surface area (Å²) in [5.41, 5.74) is 1.23. The predicted octanol–water partition coefficient (Wildman–Crippen LogP) is 2.79. The second kappa shape index (κ2) is 5.07. The van der Waals surface area contributed by atoms with Crippen LogP contribution in [0.25, 0.3) is 0 Å². The number of carbonyl (C=O) groups is 1. The molecule has 1 atom stereocenters. The summed E-state index contributed by atoms with van der Waals surface area (Å²) >= 11 is 1.73. The van der Waals surface area contributed by atoms with Crippen LogP contribution in [0, 0.1) is 5.92 Å². The normalized spacial score (nSPS) is 12.5. The maximum Gasteiger partial charge on any atom is 0.123 e. The van der Waals surface area contributed by atoms with Crippen LogP contribution in [0.4, 0.5) is 0 Å². The Bertz CT molecular complexity index is 266. The lowest BCUT2D eigenvalue weighted by molar-refractivity contribution is -0.110. The van der Waals surface area contributed by atoms with Gasteiger partial charge in [0.2, 0.25) is 0 Å². The van der Waals surface area contributed by atoms with E-state index < -0.39 is 0 Å². The van der Waals surface area contributed by atoms with Crippen molar-refractivity contribution in [1.82, 2.24) is 0 Å². The van der Waals surface area contributed by atoms with Gasteiger partial charge in [-0.2, -0.15) is 0 Å². The SMILES string of the molecule is CSc1ccc(C[C@H](C)C=O)cc1. The Morgan fingerprint density at radius 3 is 2.46 bits per heavy atom. The Labute approximate surface area is 83.5 Å². The van der Waals surface area contributed by atoms with Crippen LogP contribution in [0.5, 0.6) is 0 Å². The highest BCUT2D eigenvalue weighted by molar-refractivity contribution is 7.98. The molecule has 0 spiro atoms. The number of carbonyl (C=O) groups excluding carboxylic acids is 1. The molecule has 0 saturated carbocycles. The molecule has 0 fully saturated rings. The van der Waals surface area contributed by atoms with Crippen molar-refractivity contribution in [2.75, 3.05) is 6.26 Å². The van der Waals surface area contributed by atoms with E-state index in [1.165, 1.54) is 10.5 Å². The summed E-state index contributed by atoms with van der Waals surface area (Å²) in [6, 6.07) is 8.37. The van der Waals surface area contributed by atoms with Crippen LogP contribution >= 0.6 is 11.8 Å². The molecule has 0 saturated heterocycles. The number of thioether (sulfide) groups is 1. The summed E-state index contributed by atoms with van der Waals surface area (Å²) in [5, 5.41) is 0. The summed E-state index contributed by atoms with van der Waals surface area (Å²) in [4.78, 5) is 11.7. The number of aldehydes is 1. The summed E-state index contributed by atoms with van der Waals surface area (Å²) in [7, 11) is 0. The van der Waals surface area contributed by atoms with Crippen molar-refractivity contribution < 1.29 is 4.79 Å². The van der Waals surface area contributed by atoms with Crippen LogP contribution in [0.1, 0.15) is 12.5 Å². The first-order chi connectivity index (χ1) is 6.26. The highest BCUT2D eigenvalue weighted by Gasteiger charge is 2.00. The minimum Gasteiger partial charge on any atom is -0.303 e. The fourth-order valence-corrected chi connectivity index (χ4v) is 1.59. The average Bonchev–Trinajstić information content (AvgIpc) is 2.19. The van der Waals surface area contributed by atoms with Crippen molar-refractivity contribution in [3.05, 3.63) is 29.8 Å². The summed E-state index contributed by atoms with van der Waals surface area (Å²) in [6.07, 6.45) is 3.91. The van der Waals surface area contributed by atoms with Crippen molar-refractivity contribution in [2.24, 2.45) is 5.92 Å². The van der Waals surface area contributed by atoms with E-state index in [1.54, 1.807) is 11.8 Å². The zero-order valence-corrected chi connectivity index (χ0v) is 8.80. The van der Waals surface area contributed by atoms with E-state index in [2.05, 4.69) is 30.5 Å². The van der Waals surface area contributed by atoms with Crippen molar-refractivity contribution in [1.29, 1.82) is 0 Å². The van der Waals surface area contributed by atoms with E-state index in [-0.39, 0.29) is 5.92 Å². The van der Waals surface area contributed by atoms with E-state index in [0.717, 1.165) is 12.7 Å². The lowest BCUT2D eigenvalue weighted by atomic mass is 10.0. The van der Waals surface area contributed by atoms with Gasteiger partial charge in [0.1, 0.15) is 6.29 Å². The van der Waals surface area contributed by atoms with E-state index >= 15 is 0 Å². The fraction of sp³-hybridized carbons (Fsp3) is 0.364. The van der Waals surface area contributed by atoms with E-state index in [0.29, 0.717) is 0 Å². The van der Waals surface area contributed by atoms with Crippen LogP contribution < -0.4 is 0 Å². The summed E-state index contributed by atoms with van der Waals surface area (Å²) in [5.74, 6) is 0.125. The van der Waals surface area contributed by atoms with Crippen molar-refractivity contribution >= 4 is 18.0 Å². The lowest BCUT2D eigenvalue weighted by Gasteiger charge is -2.04. The first-order valence-electron chi connectivity index (χ1n) is 4.34. The molecule has 0 heterocycles. The average molecular weight is 194 g/mol. The molecule has 0 aliphatic rings. The van der Waals surface area contributed by atoms with Gasteiger partial charge >= 0.3 is 0 Å². The molecule has 1 aromatic rings. The highest BCUT2D eigenvalue weighted by Crippen LogP contribution is 2.16. The van der Waals surface area contributed by atoms with Crippen molar-refractivity contribution in [3.63, 3.8) is 0 Å². The number of hydrogen-bond donors (Lipinski definition) is 0. The maximum absolute atomic E-state index is 10.4. The van der Waals surface area contributed by atoms with E-state index in [4.69, 9.17) is 0 Å². The molecule has 0 aromatic heterocycles. The number of rotatable bonds is 4. The van der Waals surface area contributed by atoms with Gasteiger partial charge in [0.15, 0.2) is 0 Å². The molecular formula is C11H14OS. The topological polar surface area (TPSA) is 17.1 Å². The molecule has 0 N–H and O–H groups in total. The van der Waals surface area contributed by atoms with Gasteiger partial charge in [0.05, 0.1) is 0 Å². The van der Waals surface area contributed by atoms with Crippen LogP contribution in [-0.2, 0) is 11.2 Å². The third-order valence-electron chi connectivity index (χ3n) is 1.95. The molecule has 0 aliphatic carbocycles. The van der Waals surface area contributed by atoms with Gasteiger partial charge < -0.3 is 4.79 Å². The smallest absolute Gasteiger partial charge is 0.123 e. The predicted molar refractivity (Wildman–Crippen MR) is 57.2 cm³/mol. The summed E-state index contributed by atoms with van der Waals surface area (Å²) in [6.45, 7) is 1.94. The fourth-order valence-electron chi connectivity index (χ4n) is 1.18. The monoisotopic (exact) mass is 194 g/mol. The molecule has 0 bridgehead atoms. The third-order valence-corrected chi connectivity index (χ3v) is 2.69. The van der Waals surface area contributed by atoms with Gasteiger partial charge in [-0.15, -0.1) is 11.8 Å². The first-order valence-corrected chi connectivity index (χ1v) is 5.57. The summed E-state index contributed by atoms with van der Waals surface area (Å²) < 4.78 is 0. The van der Waals surface area contributed by atoms with Gasteiger partial charge in [-0.05, 0) is 30.4 Å². The maximum atomic E-state index is 10.4. The van der Waals surface area contributed by atoms with E-state index in [9.17, 15) is 4.79 Å². The minimum atomic E-state index is 0.125. The molecule has 70 valence electrons. The Morgan fingerprint density at radius 1 is 1.38 bits per heavy atom. The zero-order valence-electron chi connectivity index (χ0n) is 7.99. The minimum absolute atomic E-state index is 0.125. The van der Waals surface area contributed by atoms with Gasteiger partial charge in [0.25, 0.3) is 0 Å². The molecule has 0 aliphatic heterocycles. The van der Waals surface area contributed by atoms with Crippen molar-refractivity contribution in [2.45, 2.75) is 18.2 Å². The molecule has 2 heteroatoms. The third kappa shape index (κ3) is 3.23. The Hall–Kier alpha value is -0.760. The Balaban J connectivity index is 2.63. The first kappa shape index (κ1) is 10.3. The van der Waals surface area contributed by atoms with Crippen molar-refractivity contribution in [3.8, 4) is 0 Å². The van der Waals surface area contributed by atoms with Crippen LogP contribution in [0.3, 0.4) is 0 Å². The largest absolute Gasteiger partial charge is 0.303 e. The van der Waals surface area contributed by atoms with Gasteiger partial charge in [-0.25, -0.2) is 0 Å². The van der Waals surface area contributed by atoms with Gasteiger partial charge in [-0.3, -0.25) is 0 Å². The molecular weight excluding hydrogens is 180 g/mol. The molecule has 1 aromatic carbocycles. The second-order valence-electron chi connectivity index (χ2n) is 3.17. The Morgan fingerprint density at radius 2 is 2.00 bits per heavy atom. The molecule has 0 unspecified atom stereocenters. The molecule has 0 radical (unpaired) electrons.